The molecule has 0 saturated heterocycles. The van der Waals surface area contributed by atoms with Crippen LogP contribution in [0.3, 0.4) is 0 Å². The molecule has 2 aromatic carbocycles. The van der Waals surface area contributed by atoms with Crippen LogP contribution in [0, 0.1) is 18.8 Å². The number of sulfonamides is 1. The second-order valence-electron chi connectivity index (χ2n) is 7.91. The Balaban J connectivity index is 2.28. The number of carbonyl (C=O) groups excluding carboxylic acids is 1. The number of anilines is 1. The Morgan fingerprint density at radius 2 is 1.55 bits per heavy atom. The van der Waals surface area contributed by atoms with E-state index in [2.05, 4.69) is 33.0 Å². The largest absolute Gasteiger partial charge is 0.349 e. The molecular formula is C22H29ClN2O3S. The molecule has 0 aliphatic heterocycles. The van der Waals surface area contributed by atoms with E-state index in [0.717, 1.165) is 0 Å². The first-order chi connectivity index (χ1) is 13.4. The van der Waals surface area contributed by atoms with Crippen LogP contribution in [0.4, 0.5) is 5.69 Å². The smallest absolute Gasteiger partial charge is 0.264 e. The van der Waals surface area contributed by atoms with Crippen molar-refractivity contribution in [2.75, 3.05) is 11.4 Å². The van der Waals surface area contributed by atoms with Crippen LogP contribution in [0.2, 0.25) is 5.02 Å². The van der Waals surface area contributed by atoms with Crippen molar-refractivity contribution in [2.45, 2.75) is 45.6 Å². The summed E-state index contributed by atoms with van der Waals surface area (Å²) in [5.41, 5.74) is 1.72. The number of hydrogen-bond donors (Lipinski definition) is 1. The van der Waals surface area contributed by atoms with Crippen LogP contribution >= 0.6 is 11.6 Å². The van der Waals surface area contributed by atoms with Gasteiger partial charge >= 0.3 is 0 Å². The number of benzene rings is 2. The Kier molecular flexibility index (Phi) is 7.35. The molecule has 0 heterocycles. The third-order valence-electron chi connectivity index (χ3n) is 5.00. The van der Waals surface area contributed by atoms with E-state index in [1.54, 1.807) is 37.3 Å². The van der Waals surface area contributed by atoms with E-state index < -0.39 is 10.0 Å². The van der Waals surface area contributed by atoms with Crippen molar-refractivity contribution < 1.29 is 13.2 Å². The summed E-state index contributed by atoms with van der Waals surface area (Å²) in [6.07, 6.45) is 0. The van der Waals surface area contributed by atoms with E-state index in [4.69, 9.17) is 11.6 Å². The van der Waals surface area contributed by atoms with Crippen molar-refractivity contribution >= 4 is 33.2 Å². The van der Waals surface area contributed by atoms with Gasteiger partial charge in [0.1, 0.15) is 0 Å². The maximum absolute atomic E-state index is 12.9. The third kappa shape index (κ3) is 5.31. The molecule has 0 atom stereocenters. The average molecular weight is 437 g/mol. The zero-order valence-electron chi connectivity index (χ0n) is 17.7. The van der Waals surface area contributed by atoms with Crippen LogP contribution in [-0.4, -0.2) is 27.4 Å². The zero-order chi connectivity index (χ0) is 21.9. The molecule has 0 aliphatic carbocycles. The highest BCUT2D eigenvalue weighted by Crippen LogP contribution is 2.27. The molecule has 0 fully saturated rings. The monoisotopic (exact) mass is 436 g/mol. The van der Waals surface area contributed by atoms with E-state index in [1.165, 1.54) is 23.5 Å². The summed E-state index contributed by atoms with van der Waals surface area (Å²) in [6.45, 7) is 10.1. The summed E-state index contributed by atoms with van der Waals surface area (Å²) in [7, 11) is -2.23. The standard InChI is InChI=1S/C22H29ClN2O3S/c1-14(2)21(15(3)4)24-22(26)17-7-12-20(16(5)13-17)25(6)29(27,28)19-10-8-18(23)9-11-19/h7-15,21H,1-6H3,(H,24,26). The summed E-state index contributed by atoms with van der Waals surface area (Å²) in [5.74, 6) is 0.472. The Morgan fingerprint density at radius 3 is 2.03 bits per heavy atom. The number of aryl methyl sites for hydroxylation is 1. The van der Waals surface area contributed by atoms with E-state index in [-0.39, 0.29) is 16.8 Å². The molecule has 2 aromatic rings. The Labute approximate surface area is 179 Å². The Bertz CT molecular complexity index is 962. The second-order valence-corrected chi connectivity index (χ2v) is 10.3. The Hall–Kier alpha value is -2.05. The topological polar surface area (TPSA) is 66.5 Å². The average Bonchev–Trinajstić information content (AvgIpc) is 2.65. The van der Waals surface area contributed by atoms with Crippen LogP contribution in [0.25, 0.3) is 0 Å². The normalized spacial score (nSPS) is 11.9. The number of nitrogens with zero attached hydrogens (tertiary/aromatic N) is 1. The van der Waals surface area contributed by atoms with Gasteiger partial charge in [0.15, 0.2) is 0 Å². The highest BCUT2D eigenvalue weighted by Gasteiger charge is 2.24. The number of rotatable bonds is 7. The van der Waals surface area contributed by atoms with Gasteiger partial charge in [-0.1, -0.05) is 39.3 Å². The van der Waals surface area contributed by atoms with E-state index in [9.17, 15) is 13.2 Å². The molecule has 0 spiro atoms. The molecule has 0 unspecified atom stereocenters. The van der Waals surface area contributed by atoms with Crippen molar-refractivity contribution in [1.82, 2.24) is 5.32 Å². The van der Waals surface area contributed by atoms with Gasteiger partial charge in [-0.15, -0.1) is 0 Å². The highest BCUT2D eigenvalue weighted by molar-refractivity contribution is 7.92. The minimum absolute atomic E-state index is 0.0652. The number of hydrogen-bond acceptors (Lipinski definition) is 3. The Morgan fingerprint density at radius 1 is 1.00 bits per heavy atom. The van der Waals surface area contributed by atoms with Gasteiger partial charge in [0, 0.05) is 23.7 Å². The first kappa shape index (κ1) is 23.2. The van der Waals surface area contributed by atoms with Crippen LogP contribution in [0.5, 0.6) is 0 Å². The molecule has 29 heavy (non-hydrogen) atoms. The molecule has 0 aromatic heterocycles. The maximum atomic E-state index is 12.9. The summed E-state index contributed by atoms with van der Waals surface area (Å²) in [4.78, 5) is 12.8. The molecule has 0 bridgehead atoms. The molecule has 0 aliphatic rings. The molecule has 0 saturated carbocycles. The van der Waals surface area contributed by atoms with Gasteiger partial charge in [-0.25, -0.2) is 8.42 Å². The summed E-state index contributed by atoms with van der Waals surface area (Å²) in [6, 6.07) is 11.1. The molecular weight excluding hydrogens is 408 g/mol. The van der Waals surface area contributed by atoms with Gasteiger partial charge in [-0.05, 0) is 66.8 Å². The maximum Gasteiger partial charge on any atom is 0.264 e. The van der Waals surface area contributed by atoms with Crippen molar-refractivity contribution in [3.8, 4) is 0 Å². The van der Waals surface area contributed by atoms with Gasteiger partial charge in [0.05, 0.1) is 10.6 Å². The molecule has 7 heteroatoms. The third-order valence-corrected chi connectivity index (χ3v) is 7.04. The van der Waals surface area contributed by atoms with Crippen molar-refractivity contribution in [1.29, 1.82) is 0 Å². The van der Waals surface area contributed by atoms with E-state index in [0.29, 0.717) is 33.7 Å². The van der Waals surface area contributed by atoms with Crippen molar-refractivity contribution in [3.05, 3.63) is 58.6 Å². The number of carbonyl (C=O) groups is 1. The predicted molar refractivity (Wildman–Crippen MR) is 119 cm³/mol. The van der Waals surface area contributed by atoms with Gasteiger partial charge in [0.25, 0.3) is 15.9 Å². The summed E-state index contributed by atoms with van der Waals surface area (Å²) < 4.78 is 27.0. The van der Waals surface area contributed by atoms with Crippen LogP contribution < -0.4 is 9.62 Å². The van der Waals surface area contributed by atoms with Crippen LogP contribution in [0.15, 0.2) is 47.4 Å². The minimum Gasteiger partial charge on any atom is -0.349 e. The SMILES string of the molecule is Cc1cc(C(=O)NC(C(C)C)C(C)C)ccc1N(C)S(=O)(=O)c1ccc(Cl)cc1. The van der Waals surface area contributed by atoms with Crippen molar-refractivity contribution in [2.24, 2.45) is 11.8 Å². The zero-order valence-corrected chi connectivity index (χ0v) is 19.3. The van der Waals surface area contributed by atoms with E-state index in [1.807, 2.05) is 0 Å². The molecule has 5 nitrogen and oxygen atoms in total. The number of amides is 1. The van der Waals surface area contributed by atoms with Crippen molar-refractivity contribution in [3.63, 3.8) is 0 Å². The van der Waals surface area contributed by atoms with Gasteiger partial charge in [0.2, 0.25) is 0 Å². The lowest BCUT2D eigenvalue weighted by molar-refractivity contribution is 0.0910. The summed E-state index contributed by atoms with van der Waals surface area (Å²) >= 11 is 5.86. The van der Waals surface area contributed by atoms with E-state index >= 15 is 0 Å². The minimum atomic E-state index is -3.73. The quantitative estimate of drug-likeness (QED) is 0.672. The second kappa shape index (κ2) is 9.18. The fourth-order valence-electron chi connectivity index (χ4n) is 3.38. The number of halogens is 1. The molecule has 0 radical (unpaired) electrons. The van der Waals surface area contributed by atoms with Crippen LogP contribution in [0.1, 0.15) is 43.6 Å². The first-order valence-corrected chi connectivity index (χ1v) is 11.4. The lowest BCUT2D eigenvalue weighted by Crippen LogP contribution is -2.42. The molecule has 1 N–H and O–H groups in total. The van der Waals surface area contributed by atoms with Gasteiger partial charge in [-0.2, -0.15) is 0 Å². The fraction of sp³-hybridized carbons (Fsp3) is 0.409. The molecule has 158 valence electrons. The lowest BCUT2D eigenvalue weighted by Gasteiger charge is -2.26. The number of nitrogens with one attached hydrogen (secondary N) is 1. The first-order valence-electron chi connectivity index (χ1n) is 9.61. The fourth-order valence-corrected chi connectivity index (χ4v) is 4.77. The van der Waals surface area contributed by atoms with Gasteiger partial charge < -0.3 is 5.32 Å². The van der Waals surface area contributed by atoms with Crippen LogP contribution in [-0.2, 0) is 10.0 Å². The molecule has 1 amide bonds. The highest BCUT2D eigenvalue weighted by atomic mass is 35.5. The van der Waals surface area contributed by atoms with Gasteiger partial charge in [-0.3, -0.25) is 9.10 Å². The molecule has 2 rings (SSSR count). The predicted octanol–water partition coefficient (Wildman–Crippen LogP) is 4.88. The lowest BCUT2D eigenvalue weighted by atomic mass is 9.93. The summed E-state index contributed by atoms with van der Waals surface area (Å²) in [5, 5.41) is 3.56.